The van der Waals surface area contributed by atoms with Crippen LogP contribution in [0.5, 0.6) is 0 Å². The monoisotopic (exact) mass is 434 g/mol. The second-order valence-corrected chi connectivity index (χ2v) is 6.18. The van der Waals surface area contributed by atoms with E-state index in [2.05, 4.69) is 31.9 Å². The van der Waals surface area contributed by atoms with Crippen LogP contribution in [0.4, 0.5) is 13.2 Å². The predicted molar refractivity (Wildman–Crippen MR) is 81.9 cm³/mol. The Labute approximate surface area is 140 Å². The Morgan fingerprint density at radius 1 is 0.818 bits per heavy atom. The Morgan fingerprint density at radius 3 is 1.91 bits per heavy atom. The number of benzene rings is 2. The summed E-state index contributed by atoms with van der Waals surface area (Å²) in [6.45, 7) is 0. The molecule has 0 saturated heterocycles. The van der Waals surface area contributed by atoms with Gasteiger partial charge >= 0.3 is 6.18 Å². The van der Waals surface area contributed by atoms with E-state index in [0.717, 1.165) is 12.1 Å². The third kappa shape index (κ3) is 3.64. The highest BCUT2D eigenvalue weighted by Gasteiger charge is 2.36. The van der Waals surface area contributed by atoms with E-state index in [1.807, 2.05) is 0 Å². The van der Waals surface area contributed by atoms with E-state index in [1.54, 1.807) is 0 Å². The maximum atomic E-state index is 13.0. The number of halogens is 5. The lowest BCUT2D eigenvalue weighted by Gasteiger charge is -2.12. The number of carbonyl (C=O) groups excluding carboxylic acids is 2. The van der Waals surface area contributed by atoms with Crippen molar-refractivity contribution < 1.29 is 22.8 Å². The third-order valence-electron chi connectivity index (χ3n) is 2.84. The predicted octanol–water partition coefficient (Wildman–Crippen LogP) is 5.30. The summed E-state index contributed by atoms with van der Waals surface area (Å²) in [5.74, 6) is -2.18. The second kappa shape index (κ2) is 6.34. The zero-order valence-corrected chi connectivity index (χ0v) is 13.9. The van der Waals surface area contributed by atoms with Crippen LogP contribution in [0.3, 0.4) is 0 Å². The molecule has 22 heavy (non-hydrogen) atoms. The first-order valence-electron chi connectivity index (χ1n) is 5.91. The van der Waals surface area contributed by atoms with Crippen LogP contribution in [0.1, 0.15) is 26.3 Å². The van der Waals surface area contributed by atoms with Crippen molar-refractivity contribution in [1.29, 1.82) is 0 Å². The zero-order valence-electron chi connectivity index (χ0n) is 10.7. The molecule has 0 heterocycles. The van der Waals surface area contributed by atoms with Gasteiger partial charge in [0.15, 0.2) is 0 Å². The van der Waals surface area contributed by atoms with E-state index in [4.69, 9.17) is 0 Å². The molecule has 0 spiro atoms. The number of Topliss-reactive ketones (excluding diaryl/α,β-unsaturated/α-hetero) is 2. The van der Waals surface area contributed by atoms with Gasteiger partial charge in [-0.3, -0.25) is 9.59 Å². The highest BCUT2D eigenvalue weighted by molar-refractivity contribution is 9.10. The van der Waals surface area contributed by atoms with Crippen LogP contribution in [0, 0.1) is 0 Å². The van der Waals surface area contributed by atoms with Gasteiger partial charge < -0.3 is 0 Å². The summed E-state index contributed by atoms with van der Waals surface area (Å²) >= 11 is 6.10. The number of rotatable bonds is 3. The molecule has 7 heteroatoms. The van der Waals surface area contributed by atoms with Crippen LogP contribution in [0.25, 0.3) is 0 Å². The molecule has 114 valence electrons. The van der Waals surface area contributed by atoms with Crippen molar-refractivity contribution in [1.82, 2.24) is 0 Å². The van der Waals surface area contributed by atoms with Crippen LogP contribution in [-0.4, -0.2) is 11.6 Å². The third-order valence-corrected chi connectivity index (χ3v) is 3.87. The quantitative estimate of drug-likeness (QED) is 0.484. The molecule has 0 aromatic heterocycles. The lowest BCUT2D eigenvalue weighted by molar-refractivity contribution is -0.137. The van der Waals surface area contributed by atoms with Crippen molar-refractivity contribution in [2.24, 2.45) is 0 Å². The molecular weight excluding hydrogens is 429 g/mol. The van der Waals surface area contributed by atoms with Crippen LogP contribution in [0.2, 0.25) is 0 Å². The van der Waals surface area contributed by atoms with Crippen LogP contribution >= 0.6 is 31.9 Å². The minimum atomic E-state index is -4.73. The van der Waals surface area contributed by atoms with Crippen molar-refractivity contribution in [3.63, 3.8) is 0 Å². The molecule has 2 nitrogen and oxygen atoms in total. The van der Waals surface area contributed by atoms with Gasteiger partial charge in [0.1, 0.15) is 0 Å². The van der Waals surface area contributed by atoms with Crippen molar-refractivity contribution in [2.45, 2.75) is 6.18 Å². The van der Waals surface area contributed by atoms with Gasteiger partial charge in [-0.15, -0.1) is 0 Å². The summed E-state index contributed by atoms with van der Waals surface area (Å²) in [5.41, 5.74) is -1.77. The summed E-state index contributed by atoms with van der Waals surface area (Å²) in [7, 11) is 0. The van der Waals surface area contributed by atoms with E-state index in [1.165, 1.54) is 30.3 Å². The lowest BCUT2D eigenvalue weighted by Crippen LogP contribution is -2.20. The van der Waals surface area contributed by atoms with Crippen LogP contribution < -0.4 is 0 Å². The van der Waals surface area contributed by atoms with Gasteiger partial charge in [-0.05, 0) is 42.5 Å². The fourth-order valence-corrected chi connectivity index (χ4v) is 2.43. The molecule has 0 atom stereocenters. The zero-order chi connectivity index (χ0) is 16.5. The van der Waals surface area contributed by atoms with Crippen molar-refractivity contribution in [3.05, 3.63) is 68.1 Å². The van der Waals surface area contributed by atoms with Crippen molar-refractivity contribution >= 4 is 43.4 Å². The summed E-state index contributed by atoms with van der Waals surface area (Å²) < 4.78 is 39.9. The van der Waals surface area contributed by atoms with Gasteiger partial charge in [0.05, 0.1) is 5.56 Å². The van der Waals surface area contributed by atoms with Crippen molar-refractivity contribution in [3.8, 4) is 0 Å². The van der Waals surface area contributed by atoms with E-state index >= 15 is 0 Å². The summed E-state index contributed by atoms with van der Waals surface area (Å²) in [5, 5.41) is 0. The molecule has 0 unspecified atom stereocenters. The Balaban J connectivity index is 2.45. The highest BCUT2D eigenvalue weighted by Crippen LogP contribution is 2.34. The first-order chi connectivity index (χ1) is 10.2. The standard InChI is InChI=1S/C15H7Br2F3O2/c16-9-3-1-8(2-4-9)13(21)14(22)11-6-5-10(17)7-12(11)15(18,19)20/h1-7H. The topological polar surface area (TPSA) is 34.1 Å². The lowest BCUT2D eigenvalue weighted by atomic mass is 9.97. The molecule has 0 aliphatic rings. The molecule has 0 aliphatic carbocycles. The molecule has 0 amide bonds. The fraction of sp³-hybridized carbons (Fsp3) is 0.0667. The Morgan fingerprint density at radius 2 is 1.36 bits per heavy atom. The van der Waals surface area contributed by atoms with Gasteiger partial charge in [-0.1, -0.05) is 31.9 Å². The molecule has 2 aromatic carbocycles. The highest BCUT2D eigenvalue weighted by atomic mass is 79.9. The fourth-order valence-electron chi connectivity index (χ4n) is 1.80. The van der Waals surface area contributed by atoms with Gasteiger partial charge in [-0.2, -0.15) is 13.2 Å². The summed E-state index contributed by atoms with van der Waals surface area (Å²) in [6.07, 6.45) is -4.73. The maximum Gasteiger partial charge on any atom is 0.417 e. The molecular formula is C15H7Br2F3O2. The maximum absolute atomic E-state index is 13.0. The Kier molecular flexibility index (Phi) is 4.87. The first kappa shape index (κ1) is 16.9. The van der Waals surface area contributed by atoms with Gasteiger partial charge in [0, 0.05) is 20.1 Å². The normalized spacial score (nSPS) is 11.3. The number of hydrogen-bond acceptors (Lipinski definition) is 2. The molecule has 0 aliphatic heterocycles. The van der Waals surface area contributed by atoms with Gasteiger partial charge in [0.25, 0.3) is 0 Å². The van der Waals surface area contributed by atoms with E-state index in [9.17, 15) is 22.8 Å². The van der Waals surface area contributed by atoms with E-state index < -0.39 is 28.9 Å². The largest absolute Gasteiger partial charge is 0.417 e. The number of ketones is 2. The van der Waals surface area contributed by atoms with E-state index in [-0.39, 0.29) is 10.0 Å². The van der Waals surface area contributed by atoms with E-state index in [0.29, 0.717) is 4.47 Å². The molecule has 0 bridgehead atoms. The molecule has 0 radical (unpaired) electrons. The minimum Gasteiger partial charge on any atom is -0.285 e. The Hall–Kier alpha value is -1.47. The van der Waals surface area contributed by atoms with Gasteiger partial charge in [-0.25, -0.2) is 0 Å². The van der Waals surface area contributed by atoms with Crippen molar-refractivity contribution in [2.75, 3.05) is 0 Å². The van der Waals surface area contributed by atoms with Crippen LogP contribution in [-0.2, 0) is 6.18 Å². The van der Waals surface area contributed by atoms with Gasteiger partial charge in [0.2, 0.25) is 11.6 Å². The van der Waals surface area contributed by atoms with Crippen LogP contribution in [0.15, 0.2) is 51.4 Å². The molecule has 2 rings (SSSR count). The molecule has 0 fully saturated rings. The number of alkyl halides is 3. The summed E-state index contributed by atoms with van der Waals surface area (Å²) in [6, 6.07) is 8.87. The first-order valence-corrected chi connectivity index (χ1v) is 7.50. The SMILES string of the molecule is O=C(C(=O)c1ccc(Br)cc1C(F)(F)F)c1ccc(Br)cc1. The minimum absolute atomic E-state index is 0.0317. The summed E-state index contributed by atoms with van der Waals surface area (Å²) in [4.78, 5) is 24.2. The number of hydrogen-bond donors (Lipinski definition) is 0. The smallest absolute Gasteiger partial charge is 0.285 e. The molecule has 0 N–H and O–H groups in total. The number of carbonyl (C=O) groups is 2. The average Bonchev–Trinajstić information content (AvgIpc) is 2.45. The molecule has 2 aromatic rings. The average molecular weight is 436 g/mol. The Bertz CT molecular complexity index is 737. The second-order valence-electron chi connectivity index (χ2n) is 4.35. The molecule has 0 saturated carbocycles.